The molecule has 1 fully saturated rings. The number of nitrogens with two attached hydrogens (primary N) is 1. The van der Waals surface area contributed by atoms with Crippen molar-refractivity contribution < 1.29 is 0 Å². The molecule has 0 radical (unpaired) electrons. The first kappa shape index (κ1) is 9.32. The first-order valence-electron chi connectivity index (χ1n) is 4.38. The highest BCUT2D eigenvalue weighted by Gasteiger charge is 2.29. The van der Waals surface area contributed by atoms with Crippen molar-refractivity contribution in [1.29, 1.82) is 0 Å². The smallest absolute Gasteiger partial charge is 0.0627 e. The zero-order valence-corrected chi connectivity index (χ0v) is 8.65. The van der Waals surface area contributed by atoms with Crippen LogP contribution in [0.15, 0.2) is 18.2 Å². The zero-order chi connectivity index (χ0) is 9.42. The van der Waals surface area contributed by atoms with Gasteiger partial charge in [-0.3, -0.25) is 0 Å². The molecule has 0 aliphatic heterocycles. The van der Waals surface area contributed by atoms with Gasteiger partial charge in [0.1, 0.15) is 0 Å². The van der Waals surface area contributed by atoms with Crippen molar-refractivity contribution in [2.45, 2.75) is 24.8 Å². The summed E-state index contributed by atoms with van der Waals surface area (Å²) in [5.74, 6) is 0.515. The Morgan fingerprint density at radius 2 is 1.92 bits per heavy atom. The molecule has 0 spiro atoms. The monoisotopic (exact) mass is 215 g/mol. The minimum atomic E-state index is 0.347. The van der Waals surface area contributed by atoms with Crippen LogP contribution >= 0.6 is 23.2 Å². The molecule has 0 bridgehead atoms. The van der Waals surface area contributed by atoms with Crippen LogP contribution in [0, 0.1) is 0 Å². The van der Waals surface area contributed by atoms with Crippen molar-refractivity contribution in [1.82, 2.24) is 0 Å². The highest BCUT2D eigenvalue weighted by atomic mass is 35.5. The molecule has 0 saturated heterocycles. The minimum absolute atomic E-state index is 0.347. The van der Waals surface area contributed by atoms with Crippen LogP contribution in [-0.2, 0) is 0 Å². The lowest BCUT2D eigenvalue weighted by Crippen LogP contribution is -2.34. The molecule has 0 heterocycles. The van der Waals surface area contributed by atoms with Gasteiger partial charge in [0, 0.05) is 6.04 Å². The van der Waals surface area contributed by atoms with Gasteiger partial charge in [-0.15, -0.1) is 0 Å². The second-order valence-corrected chi connectivity index (χ2v) is 4.36. The lowest BCUT2D eigenvalue weighted by Gasteiger charge is -2.33. The standard InChI is InChI=1S/C10H11Cl2N/c11-9-3-1-2-8(10(9)12)6-4-7(13)5-6/h1-3,6-7H,4-5,13H2. The molecule has 70 valence electrons. The van der Waals surface area contributed by atoms with Gasteiger partial charge >= 0.3 is 0 Å². The molecule has 1 saturated carbocycles. The van der Waals surface area contributed by atoms with E-state index in [1.54, 1.807) is 0 Å². The van der Waals surface area contributed by atoms with Crippen LogP contribution in [0.25, 0.3) is 0 Å². The largest absolute Gasteiger partial charge is 0.328 e. The predicted octanol–water partition coefficient (Wildman–Crippen LogP) is 3.20. The van der Waals surface area contributed by atoms with Crippen LogP contribution < -0.4 is 5.73 Å². The van der Waals surface area contributed by atoms with E-state index in [0.717, 1.165) is 18.4 Å². The van der Waals surface area contributed by atoms with Gasteiger partial charge in [-0.2, -0.15) is 0 Å². The Bertz CT molecular complexity index is 319. The van der Waals surface area contributed by atoms with Crippen molar-refractivity contribution in [3.63, 3.8) is 0 Å². The molecule has 2 rings (SSSR count). The summed E-state index contributed by atoms with van der Waals surface area (Å²) in [5, 5.41) is 1.33. The number of halogens is 2. The third kappa shape index (κ3) is 1.69. The van der Waals surface area contributed by atoms with Crippen molar-refractivity contribution in [2.24, 2.45) is 5.73 Å². The average molecular weight is 216 g/mol. The third-order valence-corrected chi connectivity index (χ3v) is 3.43. The Labute approximate surface area is 87.8 Å². The molecule has 0 unspecified atom stereocenters. The third-order valence-electron chi connectivity index (χ3n) is 2.60. The van der Waals surface area contributed by atoms with Gasteiger partial charge in [-0.05, 0) is 30.4 Å². The minimum Gasteiger partial charge on any atom is -0.328 e. The van der Waals surface area contributed by atoms with Gasteiger partial charge in [-0.1, -0.05) is 35.3 Å². The molecule has 0 amide bonds. The lowest BCUT2D eigenvalue weighted by atomic mass is 9.76. The Kier molecular flexibility index (Phi) is 2.50. The SMILES string of the molecule is NC1CC(c2cccc(Cl)c2Cl)C1. The van der Waals surface area contributed by atoms with Gasteiger partial charge in [0.05, 0.1) is 10.0 Å². The van der Waals surface area contributed by atoms with Gasteiger partial charge in [0.15, 0.2) is 0 Å². The van der Waals surface area contributed by atoms with Gasteiger partial charge < -0.3 is 5.73 Å². The molecule has 0 aromatic heterocycles. The van der Waals surface area contributed by atoms with Crippen molar-refractivity contribution >= 4 is 23.2 Å². The van der Waals surface area contributed by atoms with Gasteiger partial charge in [-0.25, -0.2) is 0 Å². The second kappa shape index (κ2) is 3.49. The topological polar surface area (TPSA) is 26.0 Å². The predicted molar refractivity (Wildman–Crippen MR) is 56.4 cm³/mol. The van der Waals surface area contributed by atoms with E-state index in [9.17, 15) is 0 Å². The molecule has 2 N–H and O–H groups in total. The van der Waals surface area contributed by atoms with E-state index in [-0.39, 0.29) is 0 Å². The van der Waals surface area contributed by atoms with E-state index in [4.69, 9.17) is 28.9 Å². The maximum Gasteiger partial charge on any atom is 0.0627 e. The van der Waals surface area contributed by atoms with E-state index in [2.05, 4.69) is 0 Å². The van der Waals surface area contributed by atoms with Gasteiger partial charge in [0.25, 0.3) is 0 Å². The van der Waals surface area contributed by atoms with Crippen LogP contribution in [0.1, 0.15) is 24.3 Å². The van der Waals surface area contributed by atoms with Gasteiger partial charge in [0.2, 0.25) is 0 Å². The summed E-state index contributed by atoms with van der Waals surface area (Å²) >= 11 is 12.0. The number of hydrogen-bond acceptors (Lipinski definition) is 1. The van der Waals surface area contributed by atoms with Crippen LogP contribution in [0.2, 0.25) is 10.0 Å². The van der Waals surface area contributed by atoms with E-state index < -0.39 is 0 Å². The molecular weight excluding hydrogens is 205 g/mol. The normalized spacial score (nSPS) is 27.0. The fourth-order valence-electron chi connectivity index (χ4n) is 1.75. The quantitative estimate of drug-likeness (QED) is 0.766. The average Bonchev–Trinajstić information content (AvgIpc) is 2.05. The number of hydrogen-bond donors (Lipinski definition) is 1. The summed E-state index contributed by atoms with van der Waals surface area (Å²) in [6, 6.07) is 6.13. The van der Waals surface area contributed by atoms with Crippen molar-refractivity contribution in [3.05, 3.63) is 33.8 Å². The summed E-state index contributed by atoms with van der Waals surface area (Å²) in [6.07, 6.45) is 2.06. The first-order valence-corrected chi connectivity index (χ1v) is 5.13. The maximum absolute atomic E-state index is 6.08. The van der Waals surface area contributed by atoms with Crippen LogP contribution in [0.4, 0.5) is 0 Å². The highest BCUT2D eigenvalue weighted by Crippen LogP contribution is 2.41. The Morgan fingerprint density at radius 3 is 2.54 bits per heavy atom. The fourth-order valence-corrected chi connectivity index (χ4v) is 2.21. The Balaban J connectivity index is 2.26. The molecule has 1 aromatic carbocycles. The maximum atomic E-state index is 6.08. The fraction of sp³-hybridized carbons (Fsp3) is 0.400. The lowest BCUT2D eigenvalue weighted by molar-refractivity contribution is 0.351. The van der Waals surface area contributed by atoms with Crippen LogP contribution in [0.5, 0.6) is 0 Å². The Morgan fingerprint density at radius 1 is 1.23 bits per heavy atom. The summed E-state index contributed by atoms with van der Waals surface area (Å²) in [7, 11) is 0. The molecular formula is C10H11Cl2N. The number of rotatable bonds is 1. The molecule has 1 nitrogen and oxygen atoms in total. The molecule has 1 aliphatic carbocycles. The zero-order valence-electron chi connectivity index (χ0n) is 7.13. The molecule has 1 aromatic rings. The summed E-state index contributed by atoms with van der Waals surface area (Å²) < 4.78 is 0. The highest BCUT2D eigenvalue weighted by molar-refractivity contribution is 6.42. The summed E-state index contributed by atoms with van der Waals surface area (Å²) in [4.78, 5) is 0. The van der Waals surface area contributed by atoms with E-state index in [1.807, 2.05) is 18.2 Å². The summed E-state index contributed by atoms with van der Waals surface area (Å²) in [6.45, 7) is 0. The molecule has 1 aliphatic rings. The summed E-state index contributed by atoms with van der Waals surface area (Å²) in [5.41, 5.74) is 6.87. The van der Waals surface area contributed by atoms with E-state index in [1.165, 1.54) is 0 Å². The molecule has 3 heteroatoms. The van der Waals surface area contributed by atoms with Crippen LogP contribution in [-0.4, -0.2) is 6.04 Å². The van der Waals surface area contributed by atoms with E-state index >= 15 is 0 Å². The van der Waals surface area contributed by atoms with Crippen molar-refractivity contribution in [3.8, 4) is 0 Å². The molecule has 13 heavy (non-hydrogen) atoms. The number of benzene rings is 1. The second-order valence-electron chi connectivity index (χ2n) is 3.57. The Hall–Kier alpha value is -0.240. The van der Waals surface area contributed by atoms with Crippen molar-refractivity contribution in [2.75, 3.05) is 0 Å². The molecule has 0 atom stereocenters. The van der Waals surface area contributed by atoms with E-state index in [0.29, 0.717) is 22.0 Å². The first-order chi connectivity index (χ1) is 6.18. The van der Waals surface area contributed by atoms with Crippen LogP contribution in [0.3, 0.4) is 0 Å².